The fraction of sp³-hybridized carbons (Fsp3) is 0.259. The summed E-state index contributed by atoms with van der Waals surface area (Å²) in [6.45, 7) is 0. The van der Waals surface area contributed by atoms with E-state index in [1.165, 1.54) is 4.90 Å². The Morgan fingerprint density at radius 3 is 1.84 bits per heavy atom. The second-order valence-electron chi connectivity index (χ2n) is 8.68. The molecule has 5 nitrogen and oxygen atoms in total. The predicted octanol–water partition coefficient (Wildman–Crippen LogP) is 3.86. The fourth-order valence-corrected chi connectivity index (χ4v) is 6.53. The van der Waals surface area contributed by atoms with Gasteiger partial charge in [0, 0.05) is 20.1 Å². The van der Waals surface area contributed by atoms with Crippen LogP contribution >= 0.6 is 0 Å². The van der Waals surface area contributed by atoms with E-state index >= 15 is 0 Å². The van der Waals surface area contributed by atoms with E-state index < -0.39 is 23.5 Å². The molecule has 1 fully saturated rings. The molecule has 4 aliphatic rings. The average molecular weight is 425 g/mol. The molecule has 0 N–H and O–H groups in total. The van der Waals surface area contributed by atoms with E-state index in [1.54, 1.807) is 14.2 Å². The molecule has 0 aromatic heterocycles. The normalized spacial score (nSPS) is 27.5. The summed E-state index contributed by atoms with van der Waals surface area (Å²) in [5, 5.41) is 0. The molecule has 3 aromatic carbocycles. The molecular formula is C27H23NO4. The number of amides is 2. The van der Waals surface area contributed by atoms with Crippen molar-refractivity contribution in [2.24, 2.45) is 11.8 Å². The Morgan fingerprint density at radius 2 is 1.28 bits per heavy atom. The van der Waals surface area contributed by atoms with Crippen LogP contribution in [0.25, 0.3) is 0 Å². The lowest BCUT2D eigenvalue weighted by Crippen LogP contribution is -2.60. The highest BCUT2D eigenvalue weighted by atomic mass is 16.7. The number of ether oxygens (including phenoxy) is 2. The van der Waals surface area contributed by atoms with E-state index in [0.717, 1.165) is 22.3 Å². The van der Waals surface area contributed by atoms with Gasteiger partial charge in [-0.3, -0.25) is 9.59 Å². The first-order valence-electron chi connectivity index (χ1n) is 10.8. The number of carbonyl (C=O) groups excluding carboxylic acids is 2. The lowest BCUT2D eigenvalue weighted by Gasteiger charge is -2.56. The van der Waals surface area contributed by atoms with Crippen molar-refractivity contribution in [3.63, 3.8) is 0 Å². The largest absolute Gasteiger partial charge is 0.355 e. The third-order valence-corrected chi connectivity index (χ3v) is 7.50. The molecule has 2 amide bonds. The summed E-state index contributed by atoms with van der Waals surface area (Å²) < 4.78 is 11.8. The Morgan fingerprint density at radius 1 is 0.750 bits per heavy atom. The monoisotopic (exact) mass is 425 g/mol. The maximum absolute atomic E-state index is 14.1. The second kappa shape index (κ2) is 6.86. The van der Waals surface area contributed by atoms with Gasteiger partial charge in [0.25, 0.3) is 0 Å². The number of rotatable bonds is 4. The van der Waals surface area contributed by atoms with E-state index in [1.807, 2.05) is 54.6 Å². The highest BCUT2D eigenvalue weighted by Gasteiger charge is 2.71. The van der Waals surface area contributed by atoms with Gasteiger partial charge >= 0.3 is 0 Å². The summed E-state index contributed by atoms with van der Waals surface area (Å²) in [5.74, 6) is -1.67. The SMILES string of the molecule is COC(OC)C12c3ccccc3C(c3ccccc31)[C@H]1C(=O)N(c3ccccc3)C(=O)[C@H]12. The molecule has 7 rings (SSSR count). The Hall–Kier alpha value is -3.28. The third-order valence-electron chi connectivity index (χ3n) is 7.50. The lowest BCUT2D eigenvalue weighted by atomic mass is 9.47. The van der Waals surface area contributed by atoms with Crippen molar-refractivity contribution >= 4 is 17.5 Å². The smallest absolute Gasteiger partial charge is 0.239 e. The zero-order valence-electron chi connectivity index (χ0n) is 17.9. The fourth-order valence-electron chi connectivity index (χ4n) is 6.53. The molecule has 1 heterocycles. The van der Waals surface area contributed by atoms with Gasteiger partial charge in [0.2, 0.25) is 11.8 Å². The van der Waals surface area contributed by atoms with Crippen molar-refractivity contribution in [2.45, 2.75) is 17.6 Å². The number of imide groups is 1. The minimum atomic E-state index is -0.924. The number of anilines is 1. The van der Waals surface area contributed by atoms with Crippen molar-refractivity contribution in [3.05, 3.63) is 101 Å². The van der Waals surface area contributed by atoms with Gasteiger partial charge in [-0.25, -0.2) is 4.90 Å². The van der Waals surface area contributed by atoms with Crippen molar-refractivity contribution in [1.82, 2.24) is 0 Å². The summed E-state index contributed by atoms with van der Waals surface area (Å²) in [7, 11) is 3.19. The predicted molar refractivity (Wildman–Crippen MR) is 119 cm³/mol. The number of carbonyl (C=O) groups is 2. The van der Waals surface area contributed by atoms with Gasteiger partial charge in [-0.15, -0.1) is 0 Å². The molecule has 3 aromatic rings. The molecule has 1 aliphatic heterocycles. The first kappa shape index (κ1) is 19.4. The van der Waals surface area contributed by atoms with Crippen LogP contribution in [0.5, 0.6) is 0 Å². The quantitative estimate of drug-likeness (QED) is 0.471. The Balaban J connectivity index is 1.69. The number of benzene rings is 3. The van der Waals surface area contributed by atoms with Crippen molar-refractivity contribution in [2.75, 3.05) is 19.1 Å². The number of nitrogens with zero attached hydrogens (tertiary/aromatic N) is 1. The maximum Gasteiger partial charge on any atom is 0.239 e. The van der Waals surface area contributed by atoms with Crippen LogP contribution in [-0.2, 0) is 24.5 Å². The number of hydrogen-bond donors (Lipinski definition) is 0. The van der Waals surface area contributed by atoms with E-state index in [2.05, 4.69) is 24.3 Å². The molecule has 2 atom stereocenters. The minimum Gasteiger partial charge on any atom is -0.355 e. The summed E-state index contributed by atoms with van der Waals surface area (Å²) in [5.41, 5.74) is 3.84. The molecule has 0 unspecified atom stereocenters. The van der Waals surface area contributed by atoms with Gasteiger partial charge in [0.1, 0.15) is 0 Å². The topological polar surface area (TPSA) is 55.8 Å². The summed E-state index contributed by atoms with van der Waals surface area (Å²) in [6.07, 6.45) is -0.731. The van der Waals surface area contributed by atoms with Gasteiger partial charge in [-0.2, -0.15) is 0 Å². The van der Waals surface area contributed by atoms with E-state index in [9.17, 15) is 9.59 Å². The van der Waals surface area contributed by atoms with Gasteiger partial charge in [-0.1, -0.05) is 66.7 Å². The summed E-state index contributed by atoms with van der Waals surface area (Å²) >= 11 is 0. The van der Waals surface area contributed by atoms with E-state index in [0.29, 0.717) is 5.69 Å². The van der Waals surface area contributed by atoms with E-state index in [4.69, 9.17) is 9.47 Å². The summed E-state index contributed by atoms with van der Waals surface area (Å²) in [6, 6.07) is 25.4. The molecule has 0 saturated carbocycles. The number of para-hydroxylation sites is 1. The number of methoxy groups -OCH3 is 2. The van der Waals surface area contributed by atoms with Gasteiger partial charge in [0.15, 0.2) is 6.29 Å². The lowest BCUT2D eigenvalue weighted by molar-refractivity contribution is -0.168. The van der Waals surface area contributed by atoms with Crippen LogP contribution in [0, 0.1) is 11.8 Å². The first-order chi connectivity index (χ1) is 15.7. The second-order valence-corrected chi connectivity index (χ2v) is 8.68. The van der Waals surface area contributed by atoms with Crippen LogP contribution in [0.1, 0.15) is 28.2 Å². The highest BCUT2D eigenvalue weighted by Crippen LogP contribution is 2.65. The zero-order valence-corrected chi connectivity index (χ0v) is 17.9. The standard InChI is InChI=1S/C27H23NO4/c1-31-26(32-2)27-19-14-8-6-12-17(19)21(18-13-7-9-15-20(18)27)22-23(27)25(30)28(24(22)29)16-10-4-3-5-11-16/h3-15,21-23,26H,1-2H3/t21?,22-,23+,27?/m1/s1. The van der Waals surface area contributed by atoms with Crippen LogP contribution in [-0.4, -0.2) is 32.3 Å². The van der Waals surface area contributed by atoms with Crippen molar-refractivity contribution < 1.29 is 19.1 Å². The van der Waals surface area contributed by atoms with Crippen LogP contribution in [0.15, 0.2) is 78.9 Å². The van der Waals surface area contributed by atoms with E-state index in [-0.39, 0.29) is 17.7 Å². The molecule has 160 valence electrons. The van der Waals surface area contributed by atoms with Crippen LogP contribution in [0.3, 0.4) is 0 Å². The van der Waals surface area contributed by atoms with Crippen LogP contribution in [0.4, 0.5) is 5.69 Å². The van der Waals surface area contributed by atoms with Gasteiger partial charge in [0.05, 0.1) is 22.9 Å². The maximum atomic E-state index is 14.1. The Kier molecular flexibility index (Phi) is 4.16. The average Bonchev–Trinajstić information content (AvgIpc) is 3.11. The van der Waals surface area contributed by atoms with Crippen LogP contribution < -0.4 is 4.90 Å². The minimum absolute atomic E-state index is 0.157. The van der Waals surface area contributed by atoms with Gasteiger partial charge in [-0.05, 0) is 34.4 Å². The Labute approximate surface area is 186 Å². The molecule has 3 aliphatic carbocycles. The zero-order chi connectivity index (χ0) is 22.0. The van der Waals surface area contributed by atoms with Crippen molar-refractivity contribution in [1.29, 1.82) is 0 Å². The van der Waals surface area contributed by atoms with Gasteiger partial charge < -0.3 is 9.47 Å². The molecule has 2 bridgehead atoms. The number of hydrogen-bond acceptors (Lipinski definition) is 4. The molecule has 0 radical (unpaired) electrons. The highest BCUT2D eigenvalue weighted by molar-refractivity contribution is 6.23. The van der Waals surface area contributed by atoms with Crippen molar-refractivity contribution in [3.8, 4) is 0 Å². The summed E-state index contributed by atoms with van der Waals surface area (Å²) in [4.78, 5) is 29.4. The van der Waals surface area contributed by atoms with Crippen LogP contribution in [0.2, 0.25) is 0 Å². The molecule has 0 spiro atoms. The molecule has 5 heteroatoms. The molecular weight excluding hydrogens is 402 g/mol. The molecule has 32 heavy (non-hydrogen) atoms. The molecule has 1 saturated heterocycles. The first-order valence-corrected chi connectivity index (χ1v) is 10.8. The third kappa shape index (κ3) is 2.15. The Bertz CT molecular complexity index is 1190.